The van der Waals surface area contributed by atoms with Gasteiger partial charge in [-0.3, -0.25) is 4.90 Å². The Labute approximate surface area is 56.5 Å². The fraction of sp³-hybridized carbons (Fsp3) is 1.00. The maximum Gasteiger partial charge on any atom is 0.151 e. The Morgan fingerprint density at radius 3 is 1.89 bits per heavy atom. The van der Waals surface area contributed by atoms with Crippen molar-refractivity contribution in [3.05, 3.63) is 0 Å². The summed E-state index contributed by atoms with van der Waals surface area (Å²) < 4.78 is 0. The van der Waals surface area contributed by atoms with E-state index in [1.165, 1.54) is 12.8 Å². The topological polar surface area (TPSA) is 23.1 Å². The van der Waals surface area contributed by atoms with Gasteiger partial charge in [0.1, 0.15) is 0 Å². The first kappa shape index (κ1) is 7.03. The number of hydrogen-bond donors (Lipinski definition) is 0. The van der Waals surface area contributed by atoms with Crippen LogP contribution in [0.4, 0.5) is 0 Å². The van der Waals surface area contributed by atoms with Crippen molar-refractivity contribution in [3.63, 3.8) is 0 Å². The van der Waals surface area contributed by atoms with Crippen molar-refractivity contribution < 1.29 is 5.11 Å². The summed E-state index contributed by atoms with van der Waals surface area (Å²) in [5.41, 5.74) is -0.837. The van der Waals surface area contributed by atoms with Gasteiger partial charge < -0.3 is 0 Å². The minimum absolute atomic E-state index is 0.837. The molecule has 1 aliphatic heterocycles. The Bertz CT molecular complexity index is 89.6. The lowest BCUT2D eigenvalue weighted by molar-refractivity contribution is -0.117. The van der Waals surface area contributed by atoms with Gasteiger partial charge in [0.05, 0.1) is 0 Å². The summed E-state index contributed by atoms with van der Waals surface area (Å²) >= 11 is 0. The third kappa shape index (κ3) is 1.66. The molecule has 0 N–H and O–H groups in total. The highest BCUT2D eigenvalue weighted by atomic mass is 16.3. The van der Waals surface area contributed by atoms with Crippen LogP contribution in [0.3, 0.4) is 0 Å². The SMILES string of the molecule is CC(C)([O])N1CCCC1. The molecule has 1 radical (unpaired) electrons. The molecule has 1 rings (SSSR count). The van der Waals surface area contributed by atoms with Crippen LogP contribution in [0.5, 0.6) is 0 Å². The Hall–Kier alpha value is -0.0800. The first-order valence-electron chi connectivity index (χ1n) is 3.56. The van der Waals surface area contributed by atoms with E-state index < -0.39 is 5.72 Å². The first-order valence-corrected chi connectivity index (χ1v) is 3.56. The summed E-state index contributed by atoms with van der Waals surface area (Å²) in [6, 6.07) is 0. The number of likely N-dealkylation sites (tertiary alicyclic amines) is 1. The van der Waals surface area contributed by atoms with Crippen LogP contribution in [0.1, 0.15) is 26.7 Å². The highest BCUT2D eigenvalue weighted by Crippen LogP contribution is 2.17. The predicted octanol–water partition coefficient (Wildman–Crippen LogP) is 1.25. The summed E-state index contributed by atoms with van der Waals surface area (Å²) in [6.07, 6.45) is 2.40. The lowest BCUT2D eigenvalue weighted by atomic mass is 10.3. The molecule has 0 aromatic rings. The largest absolute Gasteiger partial charge is 0.274 e. The third-order valence-corrected chi connectivity index (χ3v) is 1.87. The van der Waals surface area contributed by atoms with Gasteiger partial charge in [0.25, 0.3) is 0 Å². The van der Waals surface area contributed by atoms with Crippen molar-refractivity contribution in [3.8, 4) is 0 Å². The van der Waals surface area contributed by atoms with Crippen LogP contribution in [-0.4, -0.2) is 23.7 Å². The summed E-state index contributed by atoms with van der Waals surface area (Å²) in [4.78, 5) is 1.99. The lowest BCUT2D eigenvalue weighted by Crippen LogP contribution is -2.40. The van der Waals surface area contributed by atoms with Crippen LogP contribution in [-0.2, 0) is 5.11 Å². The Morgan fingerprint density at radius 2 is 1.67 bits per heavy atom. The van der Waals surface area contributed by atoms with E-state index in [0.29, 0.717) is 0 Å². The van der Waals surface area contributed by atoms with E-state index in [1.807, 2.05) is 4.90 Å². The van der Waals surface area contributed by atoms with Crippen molar-refractivity contribution in [1.82, 2.24) is 4.90 Å². The molecule has 1 heterocycles. The van der Waals surface area contributed by atoms with Gasteiger partial charge in [0.2, 0.25) is 0 Å². The Morgan fingerprint density at radius 1 is 1.22 bits per heavy atom. The molecule has 0 saturated carbocycles. The maximum atomic E-state index is 11.2. The van der Waals surface area contributed by atoms with Gasteiger partial charge in [-0.05, 0) is 26.7 Å². The van der Waals surface area contributed by atoms with Crippen LogP contribution in [0.2, 0.25) is 0 Å². The van der Waals surface area contributed by atoms with Crippen LogP contribution in [0, 0.1) is 0 Å². The van der Waals surface area contributed by atoms with E-state index in [0.717, 1.165) is 13.1 Å². The van der Waals surface area contributed by atoms with E-state index in [2.05, 4.69) is 0 Å². The Kier molecular flexibility index (Phi) is 1.78. The van der Waals surface area contributed by atoms with Gasteiger partial charge in [-0.2, -0.15) is 0 Å². The van der Waals surface area contributed by atoms with Crippen LogP contribution in [0.15, 0.2) is 0 Å². The molecule has 0 unspecified atom stereocenters. The van der Waals surface area contributed by atoms with E-state index in [1.54, 1.807) is 13.8 Å². The molecule has 1 fully saturated rings. The normalized spacial score (nSPS) is 23.0. The van der Waals surface area contributed by atoms with Gasteiger partial charge in [0, 0.05) is 13.1 Å². The predicted molar refractivity (Wildman–Crippen MR) is 35.6 cm³/mol. The average molecular weight is 128 g/mol. The van der Waals surface area contributed by atoms with Gasteiger partial charge in [-0.25, -0.2) is 5.11 Å². The molecule has 2 heteroatoms. The van der Waals surface area contributed by atoms with Gasteiger partial charge >= 0.3 is 0 Å². The number of hydrogen-bond acceptors (Lipinski definition) is 1. The first-order chi connectivity index (χ1) is 4.11. The molecule has 1 saturated heterocycles. The van der Waals surface area contributed by atoms with Crippen LogP contribution in [0.25, 0.3) is 0 Å². The zero-order valence-electron chi connectivity index (χ0n) is 6.18. The zero-order valence-corrected chi connectivity index (χ0v) is 6.18. The van der Waals surface area contributed by atoms with E-state index >= 15 is 0 Å². The van der Waals surface area contributed by atoms with Crippen LogP contribution >= 0.6 is 0 Å². The number of rotatable bonds is 1. The highest BCUT2D eigenvalue weighted by molar-refractivity contribution is 4.74. The second-order valence-electron chi connectivity index (χ2n) is 3.14. The quantitative estimate of drug-likeness (QED) is 0.521. The molecule has 0 aliphatic carbocycles. The fourth-order valence-electron chi connectivity index (χ4n) is 1.26. The molecule has 0 aromatic carbocycles. The Balaban J connectivity index is 2.42. The maximum absolute atomic E-state index is 11.2. The molecular weight excluding hydrogens is 114 g/mol. The van der Waals surface area contributed by atoms with Crippen molar-refractivity contribution in [2.24, 2.45) is 0 Å². The highest BCUT2D eigenvalue weighted by Gasteiger charge is 2.27. The summed E-state index contributed by atoms with van der Waals surface area (Å²) in [7, 11) is 0. The van der Waals surface area contributed by atoms with Crippen molar-refractivity contribution in [2.45, 2.75) is 32.4 Å². The number of nitrogens with zero attached hydrogens (tertiary/aromatic N) is 1. The molecule has 0 atom stereocenters. The summed E-state index contributed by atoms with van der Waals surface area (Å²) in [5, 5.41) is 11.2. The lowest BCUT2D eigenvalue weighted by Gasteiger charge is -2.26. The van der Waals surface area contributed by atoms with E-state index in [-0.39, 0.29) is 0 Å². The van der Waals surface area contributed by atoms with E-state index in [9.17, 15) is 5.11 Å². The second kappa shape index (κ2) is 2.27. The second-order valence-corrected chi connectivity index (χ2v) is 3.14. The molecule has 53 valence electrons. The molecule has 0 aromatic heterocycles. The fourth-order valence-corrected chi connectivity index (χ4v) is 1.26. The molecule has 2 nitrogen and oxygen atoms in total. The van der Waals surface area contributed by atoms with Gasteiger partial charge in [-0.1, -0.05) is 0 Å². The third-order valence-electron chi connectivity index (χ3n) is 1.87. The smallest absolute Gasteiger partial charge is 0.151 e. The minimum atomic E-state index is -0.837. The average Bonchev–Trinajstić information content (AvgIpc) is 2.08. The van der Waals surface area contributed by atoms with Crippen molar-refractivity contribution in [2.75, 3.05) is 13.1 Å². The zero-order chi connectivity index (χ0) is 6.91. The summed E-state index contributed by atoms with van der Waals surface area (Å²) in [5.74, 6) is 0. The van der Waals surface area contributed by atoms with Crippen molar-refractivity contribution >= 4 is 0 Å². The molecule has 0 amide bonds. The molecule has 0 bridgehead atoms. The van der Waals surface area contributed by atoms with Gasteiger partial charge in [0.15, 0.2) is 5.72 Å². The molecular formula is C7H14NO. The van der Waals surface area contributed by atoms with E-state index in [4.69, 9.17) is 0 Å². The molecule has 9 heavy (non-hydrogen) atoms. The van der Waals surface area contributed by atoms with Crippen molar-refractivity contribution in [1.29, 1.82) is 0 Å². The summed E-state index contributed by atoms with van der Waals surface area (Å²) in [6.45, 7) is 5.46. The van der Waals surface area contributed by atoms with Gasteiger partial charge in [-0.15, -0.1) is 0 Å². The minimum Gasteiger partial charge on any atom is -0.274 e. The standard InChI is InChI=1S/C7H14NO/c1-7(2,9)8-5-3-4-6-8/h3-6H2,1-2H3. The monoisotopic (exact) mass is 128 g/mol. The molecule has 0 spiro atoms. The van der Waals surface area contributed by atoms with Crippen LogP contribution < -0.4 is 0 Å². The molecule has 1 aliphatic rings.